The van der Waals surface area contributed by atoms with Crippen molar-refractivity contribution < 1.29 is 18.3 Å². The summed E-state index contributed by atoms with van der Waals surface area (Å²) < 4.78 is 31.8. The zero-order chi connectivity index (χ0) is 22.9. The van der Waals surface area contributed by atoms with Gasteiger partial charge in [0.25, 0.3) is 5.91 Å². The molecule has 2 aromatic carbocycles. The van der Waals surface area contributed by atoms with Crippen LogP contribution in [0.25, 0.3) is 22.3 Å². The summed E-state index contributed by atoms with van der Waals surface area (Å²) in [5.41, 5.74) is -0.233. The molecule has 0 fully saturated rings. The fraction of sp³-hybridized carbons (Fsp3) is 0.182. The van der Waals surface area contributed by atoms with E-state index in [1.54, 1.807) is 37.1 Å². The van der Waals surface area contributed by atoms with Gasteiger partial charge in [-0.2, -0.15) is 0 Å². The molecule has 10 heteroatoms. The van der Waals surface area contributed by atoms with Gasteiger partial charge in [-0.3, -0.25) is 14.8 Å². The zero-order valence-corrected chi connectivity index (χ0v) is 17.8. The molecule has 0 aliphatic heterocycles. The summed E-state index contributed by atoms with van der Waals surface area (Å²) in [6.07, 6.45) is 6.50. The van der Waals surface area contributed by atoms with Crippen molar-refractivity contribution in [2.75, 3.05) is 5.32 Å². The Bertz CT molecular complexity index is 1260. The molecule has 32 heavy (non-hydrogen) atoms. The van der Waals surface area contributed by atoms with E-state index in [-0.39, 0.29) is 11.8 Å². The largest absolute Gasteiger partial charge is 0.487 e. The van der Waals surface area contributed by atoms with Crippen molar-refractivity contribution in [2.45, 2.75) is 25.5 Å². The Balaban J connectivity index is 1.68. The van der Waals surface area contributed by atoms with E-state index in [1.807, 2.05) is 18.4 Å². The molecule has 0 aliphatic rings. The van der Waals surface area contributed by atoms with Gasteiger partial charge in [-0.15, -0.1) is 8.78 Å². The van der Waals surface area contributed by atoms with Gasteiger partial charge in [0.2, 0.25) is 0 Å². The number of nitrogens with one attached hydrogen (secondary N) is 1. The third-order valence-electron chi connectivity index (χ3n) is 4.67. The number of amides is 1. The van der Waals surface area contributed by atoms with Crippen LogP contribution >= 0.6 is 11.6 Å². The van der Waals surface area contributed by atoms with Crippen LogP contribution in [0.2, 0.25) is 0 Å². The molecule has 0 saturated carbocycles. The van der Waals surface area contributed by atoms with Gasteiger partial charge in [-0.05, 0) is 50.2 Å². The molecule has 0 unspecified atom stereocenters. The van der Waals surface area contributed by atoms with Gasteiger partial charge in [0, 0.05) is 46.9 Å². The molecule has 0 saturated heterocycles. The average Bonchev–Trinajstić information content (AvgIpc) is 3.18. The summed E-state index contributed by atoms with van der Waals surface area (Å²) in [5, 5.41) is 2.74. The fourth-order valence-corrected chi connectivity index (χ4v) is 3.36. The van der Waals surface area contributed by atoms with Crippen molar-refractivity contribution in [2.24, 2.45) is 0 Å². The Morgan fingerprint density at radius 1 is 1.16 bits per heavy atom. The first-order valence-electron chi connectivity index (χ1n) is 9.65. The van der Waals surface area contributed by atoms with Gasteiger partial charge in [-0.25, -0.2) is 4.98 Å². The third kappa shape index (κ3) is 4.67. The molecule has 0 bridgehead atoms. The quantitative estimate of drug-likeness (QED) is 0.387. The highest BCUT2D eigenvalue weighted by atomic mass is 35.5. The van der Waals surface area contributed by atoms with E-state index in [1.165, 1.54) is 24.3 Å². The van der Waals surface area contributed by atoms with E-state index >= 15 is 0 Å². The van der Waals surface area contributed by atoms with Crippen molar-refractivity contribution in [1.29, 1.82) is 0 Å². The van der Waals surface area contributed by atoms with Crippen LogP contribution in [0, 0.1) is 0 Å². The Hall–Kier alpha value is -3.59. The summed E-state index contributed by atoms with van der Waals surface area (Å²) in [6.45, 7) is 4.07. The van der Waals surface area contributed by atoms with Crippen LogP contribution in [0.3, 0.4) is 0 Å². The number of benzene rings is 2. The number of imidazole rings is 1. The molecule has 2 aromatic heterocycles. The molecular formula is C22H18ClF2N5O2. The average molecular weight is 458 g/mol. The summed E-state index contributed by atoms with van der Waals surface area (Å²) >= 11 is 4.76. The number of aromatic nitrogens is 4. The number of hydrogen-bond acceptors (Lipinski definition) is 5. The summed E-state index contributed by atoms with van der Waals surface area (Å²) in [7, 11) is 0. The first-order valence-corrected chi connectivity index (χ1v) is 10.0. The van der Waals surface area contributed by atoms with Crippen LogP contribution < -0.4 is 10.1 Å². The SMILES string of the molecule is CC(C)n1cnc2cc(C(=O)Nc3ccc(OC(F)(F)Cl)cc3)cc(-c3cnccn3)c21. The molecule has 0 atom stereocenters. The Morgan fingerprint density at radius 2 is 1.91 bits per heavy atom. The maximum atomic E-state index is 12.9. The van der Waals surface area contributed by atoms with E-state index in [4.69, 9.17) is 11.6 Å². The van der Waals surface area contributed by atoms with Crippen LogP contribution in [0.4, 0.5) is 14.5 Å². The third-order valence-corrected chi connectivity index (χ3v) is 4.75. The minimum absolute atomic E-state index is 0.131. The lowest BCUT2D eigenvalue weighted by molar-refractivity contribution is -0.0964. The van der Waals surface area contributed by atoms with Crippen molar-refractivity contribution >= 4 is 34.2 Å². The normalized spacial score (nSPS) is 11.7. The summed E-state index contributed by atoms with van der Waals surface area (Å²) in [6, 6.07) is 9.00. The highest BCUT2D eigenvalue weighted by Crippen LogP contribution is 2.31. The zero-order valence-electron chi connectivity index (χ0n) is 17.1. The van der Waals surface area contributed by atoms with E-state index in [9.17, 15) is 13.6 Å². The number of hydrogen-bond donors (Lipinski definition) is 1. The van der Waals surface area contributed by atoms with Crippen LogP contribution in [0.1, 0.15) is 30.2 Å². The number of nitrogens with zero attached hydrogens (tertiary/aromatic N) is 4. The molecule has 4 aromatic rings. The Morgan fingerprint density at radius 3 is 2.53 bits per heavy atom. The molecule has 4 rings (SSSR count). The summed E-state index contributed by atoms with van der Waals surface area (Å²) in [5.74, 6) is -0.527. The number of halogens is 3. The summed E-state index contributed by atoms with van der Waals surface area (Å²) in [4.78, 5) is 25.9. The van der Waals surface area contributed by atoms with Crippen molar-refractivity contribution in [1.82, 2.24) is 19.5 Å². The maximum Gasteiger partial charge on any atom is 0.487 e. The second kappa shape index (κ2) is 8.51. The molecule has 0 spiro atoms. The second-order valence-corrected chi connectivity index (χ2v) is 7.69. The molecule has 1 amide bonds. The standard InChI is InChI=1S/C22H18ClF2N5O2/c1-13(2)30-12-28-18-10-14(9-17(20(18)30)19-11-26-7-8-27-19)21(31)29-15-3-5-16(6-4-15)32-22(23,24)25/h3-13H,1-2H3,(H,29,31). The molecule has 7 nitrogen and oxygen atoms in total. The lowest BCUT2D eigenvalue weighted by atomic mass is 10.0. The number of ether oxygens (including phenoxy) is 1. The van der Waals surface area contributed by atoms with E-state index in [2.05, 4.69) is 25.0 Å². The van der Waals surface area contributed by atoms with Crippen LogP contribution in [0.5, 0.6) is 5.75 Å². The highest BCUT2D eigenvalue weighted by molar-refractivity contribution is 6.20. The van der Waals surface area contributed by atoms with Crippen LogP contribution in [0.15, 0.2) is 61.3 Å². The van der Waals surface area contributed by atoms with Crippen molar-refractivity contribution in [3.8, 4) is 17.0 Å². The van der Waals surface area contributed by atoms with Crippen LogP contribution in [-0.4, -0.2) is 31.0 Å². The van der Waals surface area contributed by atoms with E-state index in [0.717, 1.165) is 11.1 Å². The molecular weight excluding hydrogens is 440 g/mol. The first kappa shape index (κ1) is 21.6. The molecule has 2 heterocycles. The predicted molar refractivity (Wildman–Crippen MR) is 117 cm³/mol. The van der Waals surface area contributed by atoms with Gasteiger partial charge in [0.1, 0.15) is 5.75 Å². The minimum atomic E-state index is -3.81. The lowest BCUT2D eigenvalue weighted by Gasteiger charge is -2.13. The van der Waals surface area contributed by atoms with E-state index < -0.39 is 11.5 Å². The topological polar surface area (TPSA) is 81.9 Å². The maximum absolute atomic E-state index is 12.9. The number of anilines is 1. The van der Waals surface area contributed by atoms with Crippen LogP contribution in [-0.2, 0) is 0 Å². The van der Waals surface area contributed by atoms with Gasteiger partial charge in [0.05, 0.1) is 29.3 Å². The van der Waals surface area contributed by atoms with Crippen molar-refractivity contribution in [3.63, 3.8) is 0 Å². The first-order chi connectivity index (χ1) is 15.2. The van der Waals surface area contributed by atoms with Crippen molar-refractivity contribution in [3.05, 3.63) is 66.9 Å². The Kier molecular flexibility index (Phi) is 5.75. The molecule has 164 valence electrons. The lowest BCUT2D eigenvalue weighted by Crippen LogP contribution is -2.16. The Labute approximate surface area is 187 Å². The predicted octanol–water partition coefficient (Wildman–Crippen LogP) is 5.49. The van der Waals surface area contributed by atoms with Gasteiger partial charge in [0.15, 0.2) is 0 Å². The molecule has 1 N–H and O–H groups in total. The molecule has 0 aliphatic carbocycles. The number of alkyl halides is 3. The molecule has 0 radical (unpaired) electrons. The van der Waals surface area contributed by atoms with Gasteiger partial charge in [-0.1, -0.05) is 0 Å². The number of rotatable bonds is 6. The fourth-order valence-electron chi connectivity index (χ4n) is 3.27. The van der Waals surface area contributed by atoms with Gasteiger partial charge < -0.3 is 14.6 Å². The van der Waals surface area contributed by atoms with E-state index in [0.29, 0.717) is 22.5 Å². The highest BCUT2D eigenvalue weighted by Gasteiger charge is 2.27. The second-order valence-electron chi connectivity index (χ2n) is 7.25. The monoisotopic (exact) mass is 457 g/mol. The van der Waals surface area contributed by atoms with Gasteiger partial charge >= 0.3 is 5.57 Å². The number of carbonyl (C=O) groups is 1. The smallest absolute Gasteiger partial charge is 0.420 e. The number of carbonyl (C=O) groups excluding carboxylic acids is 1. The minimum Gasteiger partial charge on any atom is -0.420 e. The number of fused-ring (bicyclic) bond motifs is 1.